The Morgan fingerprint density at radius 3 is 2.00 bits per heavy atom. The van der Waals surface area contributed by atoms with Gasteiger partial charge in [-0.2, -0.15) is 0 Å². The maximum Gasteiger partial charge on any atom is 0.335 e. The van der Waals surface area contributed by atoms with Gasteiger partial charge in [-0.3, -0.25) is 0 Å². The quantitative estimate of drug-likeness (QED) is 0.682. The fraction of sp³-hybridized carbons (Fsp3) is 0. The van der Waals surface area contributed by atoms with Gasteiger partial charge in [0, 0.05) is 5.02 Å². The Morgan fingerprint density at radius 1 is 1.25 bits per heavy atom. The van der Waals surface area contributed by atoms with Crippen LogP contribution in [0.4, 0.5) is 0 Å². The van der Waals surface area contributed by atoms with E-state index in [2.05, 4.69) is 13.2 Å². The molecule has 0 heterocycles. The summed E-state index contributed by atoms with van der Waals surface area (Å²) >= 11 is 5.52. The number of hydrogen-bond donors (Lipinski definition) is 1. The van der Waals surface area contributed by atoms with Gasteiger partial charge in [0.2, 0.25) is 0 Å². The maximum absolute atomic E-state index is 10.3. The van der Waals surface area contributed by atoms with Crippen LogP contribution in [0.1, 0.15) is 10.4 Å². The fourth-order valence-electron chi connectivity index (χ4n) is 0.592. The largest absolute Gasteiger partial charge is 0.478 e. The van der Waals surface area contributed by atoms with Gasteiger partial charge in [0.15, 0.2) is 0 Å². The number of benzene rings is 1. The van der Waals surface area contributed by atoms with Crippen molar-refractivity contribution in [3.63, 3.8) is 0 Å². The number of halogens is 1. The van der Waals surface area contributed by atoms with E-state index < -0.39 is 5.97 Å². The van der Waals surface area contributed by atoms with Crippen LogP contribution in [0.2, 0.25) is 5.02 Å². The van der Waals surface area contributed by atoms with Gasteiger partial charge in [0.1, 0.15) is 0 Å². The topological polar surface area (TPSA) is 37.3 Å². The summed E-state index contributed by atoms with van der Waals surface area (Å²) in [5.41, 5.74) is 0.254. The predicted octanol–water partition coefficient (Wildman–Crippen LogP) is 2.84. The first kappa shape index (κ1) is 10.7. The Balaban J connectivity index is 0.000000561. The standard InChI is InChI=1S/C7H5ClO2.C2H4/c8-6-3-1-5(2-4-6)7(9)10;1-2/h1-4H,(H,9,10);1-2H2. The Kier molecular flexibility index (Phi) is 4.81. The van der Waals surface area contributed by atoms with Crippen LogP contribution in [-0.2, 0) is 0 Å². The molecule has 0 aliphatic rings. The monoisotopic (exact) mass is 184 g/mol. The Hall–Kier alpha value is -1.28. The maximum atomic E-state index is 10.3. The van der Waals surface area contributed by atoms with E-state index >= 15 is 0 Å². The van der Waals surface area contributed by atoms with Gasteiger partial charge < -0.3 is 5.11 Å². The average Bonchev–Trinajstić information content (AvgIpc) is 2.09. The van der Waals surface area contributed by atoms with Crippen molar-refractivity contribution < 1.29 is 9.90 Å². The van der Waals surface area contributed by atoms with Crippen molar-refractivity contribution in [1.82, 2.24) is 0 Å². The highest BCUT2D eigenvalue weighted by atomic mass is 35.5. The smallest absolute Gasteiger partial charge is 0.335 e. The van der Waals surface area contributed by atoms with Crippen molar-refractivity contribution >= 4 is 17.6 Å². The van der Waals surface area contributed by atoms with E-state index in [4.69, 9.17) is 16.7 Å². The fourth-order valence-corrected chi connectivity index (χ4v) is 0.718. The number of carboxylic acid groups (broad SMARTS) is 1. The number of rotatable bonds is 1. The highest BCUT2D eigenvalue weighted by Gasteiger charge is 1.99. The van der Waals surface area contributed by atoms with Crippen LogP contribution >= 0.6 is 11.6 Å². The summed E-state index contributed by atoms with van der Waals surface area (Å²) in [7, 11) is 0. The molecule has 0 bridgehead atoms. The molecule has 0 amide bonds. The van der Waals surface area contributed by atoms with E-state index in [1.165, 1.54) is 12.1 Å². The van der Waals surface area contributed by atoms with Gasteiger partial charge in [-0.15, -0.1) is 13.2 Å². The number of carboxylic acids is 1. The summed E-state index contributed by atoms with van der Waals surface area (Å²) in [6.07, 6.45) is 0. The molecule has 0 unspecified atom stereocenters. The molecule has 0 fully saturated rings. The lowest BCUT2D eigenvalue weighted by molar-refractivity contribution is 0.0697. The van der Waals surface area contributed by atoms with E-state index in [1.54, 1.807) is 12.1 Å². The molecule has 2 nitrogen and oxygen atoms in total. The molecule has 0 radical (unpaired) electrons. The predicted molar refractivity (Wildman–Crippen MR) is 49.7 cm³/mol. The van der Waals surface area contributed by atoms with Crippen LogP contribution in [0, 0.1) is 0 Å². The van der Waals surface area contributed by atoms with Crippen LogP contribution in [0.15, 0.2) is 37.4 Å². The van der Waals surface area contributed by atoms with E-state index in [1.807, 2.05) is 0 Å². The third-order valence-electron chi connectivity index (χ3n) is 1.09. The molecule has 0 aliphatic carbocycles. The molecule has 0 spiro atoms. The first-order valence-corrected chi connectivity index (χ1v) is 3.57. The second-order valence-electron chi connectivity index (χ2n) is 1.81. The van der Waals surface area contributed by atoms with Gasteiger partial charge in [-0.05, 0) is 24.3 Å². The first-order valence-electron chi connectivity index (χ1n) is 3.19. The zero-order valence-corrected chi connectivity index (χ0v) is 7.21. The first-order chi connectivity index (χ1) is 5.70. The van der Waals surface area contributed by atoms with E-state index in [9.17, 15) is 4.79 Å². The van der Waals surface area contributed by atoms with Crippen molar-refractivity contribution in [1.29, 1.82) is 0 Å². The molecule has 64 valence electrons. The normalized spacial score (nSPS) is 8.08. The molecule has 1 aromatic carbocycles. The average molecular weight is 185 g/mol. The van der Waals surface area contributed by atoms with Crippen molar-refractivity contribution in [3.8, 4) is 0 Å². The lowest BCUT2D eigenvalue weighted by Gasteiger charge is -1.91. The number of aromatic carboxylic acids is 1. The molecule has 1 rings (SSSR count). The molecule has 0 aromatic heterocycles. The lowest BCUT2D eigenvalue weighted by atomic mass is 10.2. The highest BCUT2D eigenvalue weighted by Crippen LogP contribution is 2.08. The SMILES string of the molecule is C=C.O=C(O)c1ccc(Cl)cc1. The second-order valence-corrected chi connectivity index (χ2v) is 2.25. The Bertz CT molecular complexity index is 254. The van der Waals surface area contributed by atoms with Crippen LogP contribution in [0.25, 0.3) is 0 Å². The summed E-state index contributed by atoms with van der Waals surface area (Å²) in [4.78, 5) is 10.3. The van der Waals surface area contributed by atoms with Gasteiger partial charge >= 0.3 is 5.97 Å². The van der Waals surface area contributed by atoms with E-state index in [-0.39, 0.29) is 5.56 Å². The molecular formula is C9H9ClO2. The molecular weight excluding hydrogens is 176 g/mol. The van der Waals surface area contributed by atoms with Crippen molar-refractivity contribution in [2.75, 3.05) is 0 Å². The zero-order valence-electron chi connectivity index (χ0n) is 6.46. The van der Waals surface area contributed by atoms with E-state index in [0.29, 0.717) is 5.02 Å². The Labute approximate surface area is 76.1 Å². The minimum Gasteiger partial charge on any atom is -0.478 e. The number of carbonyl (C=O) groups is 1. The van der Waals surface area contributed by atoms with Crippen molar-refractivity contribution in [3.05, 3.63) is 48.0 Å². The third-order valence-corrected chi connectivity index (χ3v) is 1.34. The summed E-state index contributed by atoms with van der Waals surface area (Å²) in [6.45, 7) is 6.00. The van der Waals surface area contributed by atoms with Crippen LogP contribution < -0.4 is 0 Å². The number of hydrogen-bond acceptors (Lipinski definition) is 1. The minimum atomic E-state index is -0.934. The van der Waals surface area contributed by atoms with Crippen LogP contribution in [0.5, 0.6) is 0 Å². The second kappa shape index (κ2) is 5.38. The molecule has 12 heavy (non-hydrogen) atoms. The molecule has 1 N–H and O–H groups in total. The van der Waals surface area contributed by atoms with Gasteiger partial charge in [0.05, 0.1) is 5.56 Å². The summed E-state index contributed by atoms with van der Waals surface area (Å²) in [6, 6.07) is 6.02. The van der Waals surface area contributed by atoms with Gasteiger partial charge in [-0.1, -0.05) is 11.6 Å². The van der Waals surface area contributed by atoms with Crippen molar-refractivity contribution in [2.45, 2.75) is 0 Å². The van der Waals surface area contributed by atoms with Crippen LogP contribution in [-0.4, -0.2) is 11.1 Å². The molecule has 3 heteroatoms. The summed E-state index contributed by atoms with van der Waals surface area (Å²) < 4.78 is 0. The van der Waals surface area contributed by atoms with E-state index in [0.717, 1.165) is 0 Å². The summed E-state index contributed by atoms with van der Waals surface area (Å²) in [5.74, 6) is -0.934. The summed E-state index contributed by atoms with van der Waals surface area (Å²) in [5, 5.41) is 8.98. The zero-order chi connectivity index (χ0) is 9.56. The highest BCUT2D eigenvalue weighted by molar-refractivity contribution is 6.30. The molecule has 0 atom stereocenters. The Morgan fingerprint density at radius 2 is 1.67 bits per heavy atom. The van der Waals surface area contributed by atoms with Gasteiger partial charge in [-0.25, -0.2) is 4.79 Å². The molecule has 0 aliphatic heterocycles. The molecule has 0 saturated heterocycles. The molecule has 0 saturated carbocycles. The molecule has 1 aromatic rings. The van der Waals surface area contributed by atoms with Gasteiger partial charge in [0.25, 0.3) is 0 Å². The van der Waals surface area contributed by atoms with Crippen LogP contribution in [0.3, 0.4) is 0 Å². The third kappa shape index (κ3) is 3.21. The lowest BCUT2D eigenvalue weighted by Crippen LogP contribution is -1.94. The minimum absolute atomic E-state index is 0.254. The van der Waals surface area contributed by atoms with Crippen molar-refractivity contribution in [2.24, 2.45) is 0 Å².